The number of aromatic nitrogens is 2. The SMILES string of the molecule is CC(=O)c1ncc(C=O)c(C=O)n1. The second-order valence-corrected chi connectivity index (χ2v) is 2.33. The van der Waals surface area contributed by atoms with Crippen molar-refractivity contribution in [3.05, 3.63) is 23.3 Å². The molecule has 5 nitrogen and oxygen atoms in total. The van der Waals surface area contributed by atoms with Gasteiger partial charge < -0.3 is 0 Å². The second-order valence-electron chi connectivity index (χ2n) is 2.33. The summed E-state index contributed by atoms with van der Waals surface area (Å²) >= 11 is 0. The highest BCUT2D eigenvalue weighted by Crippen LogP contribution is 2.00. The summed E-state index contributed by atoms with van der Waals surface area (Å²) in [6, 6.07) is 0. The van der Waals surface area contributed by atoms with Crippen LogP contribution in [0.3, 0.4) is 0 Å². The van der Waals surface area contributed by atoms with Gasteiger partial charge in [0.1, 0.15) is 5.69 Å². The van der Waals surface area contributed by atoms with E-state index >= 15 is 0 Å². The minimum absolute atomic E-state index is 0.0600. The predicted octanol–water partition coefficient (Wildman–Crippen LogP) is 0.304. The van der Waals surface area contributed by atoms with E-state index in [0.29, 0.717) is 12.6 Å². The summed E-state index contributed by atoms with van der Waals surface area (Å²) < 4.78 is 0. The summed E-state index contributed by atoms with van der Waals surface area (Å²) in [5.41, 5.74) is 0.0233. The zero-order valence-electron chi connectivity index (χ0n) is 6.85. The first-order chi connectivity index (χ1) is 6.19. The molecule has 0 unspecified atom stereocenters. The lowest BCUT2D eigenvalue weighted by molar-refractivity contribution is 0.100. The molecule has 1 heterocycles. The molecule has 0 aromatic carbocycles. The fourth-order valence-corrected chi connectivity index (χ4v) is 0.759. The number of ketones is 1. The van der Waals surface area contributed by atoms with E-state index < -0.39 is 0 Å². The Morgan fingerprint density at radius 1 is 1.38 bits per heavy atom. The van der Waals surface area contributed by atoms with Crippen molar-refractivity contribution in [2.24, 2.45) is 0 Å². The van der Waals surface area contributed by atoms with Crippen molar-refractivity contribution in [3.8, 4) is 0 Å². The van der Waals surface area contributed by atoms with Gasteiger partial charge in [-0.15, -0.1) is 0 Å². The van der Waals surface area contributed by atoms with Crippen LogP contribution in [0.5, 0.6) is 0 Å². The topological polar surface area (TPSA) is 77.0 Å². The number of hydrogen-bond acceptors (Lipinski definition) is 5. The Hall–Kier alpha value is -1.91. The van der Waals surface area contributed by atoms with E-state index in [2.05, 4.69) is 9.97 Å². The van der Waals surface area contributed by atoms with Crippen molar-refractivity contribution >= 4 is 18.4 Å². The highest BCUT2D eigenvalue weighted by molar-refractivity contribution is 5.93. The van der Waals surface area contributed by atoms with Crippen molar-refractivity contribution in [1.29, 1.82) is 0 Å². The van der Waals surface area contributed by atoms with Crippen LogP contribution in [0.1, 0.15) is 38.4 Å². The summed E-state index contributed by atoms with van der Waals surface area (Å²) in [6.45, 7) is 1.28. The molecule has 0 saturated carbocycles. The lowest BCUT2D eigenvalue weighted by Gasteiger charge is -1.96. The van der Waals surface area contributed by atoms with Crippen molar-refractivity contribution < 1.29 is 14.4 Å². The lowest BCUT2D eigenvalue weighted by Crippen LogP contribution is -2.06. The zero-order chi connectivity index (χ0) is 9.84. The Labute approximate surface area is 73.8 Å². The third-order valence-corrected chi connectivity index (χ3v) is 1.40. The third-order valence-electron chi connectivity index (χ3n) is 1.40. The van der Waals surface area contributed by atoms with Gasteiger partial charge in [0.15, 0.2) is 24.2 Å². The maximum atomic E-state index is 10.8. The summed E-state index contributed by atoms with van der Waals surface area (Å²) in [7, 11) is 0. The lowest BCUT2D eigenvalue weighted by atomic mass is 10.2. The van der Waals surface area contributed by atoms with Gasteiger partial charge in [-0.3, -0.25) is 14.4 Å². The Kier molecular flexibility index (Phi) is 2.59. The van der Waals surface area contributed by atoms with Gasteiger partial charge >= 0.3 is 0 Å². The van der Waals surface area contributed by atoms with Crippen molar-refractivity contribution in [2.45, 2.75) is 6.92 Å². The van der Waals surface area contributed by atoms with E-state index in [9.17, 15) is 14.4 Å². The molecule has 0 aliphatic heterocycles. The molecule has 0 N–H and O–H groups in total. The first-order valence-corrected chi connectivity index (χ1v) is 3.47. The van der Waals surface area contributed by atoms with Crippen LogP contribution in [0.25, 0.3) is 0 Å². The van der Waals surface area contributed by atoms with E-state index in [-0.39, 0.29) is 22.9 Å². The fourth-order valence-electron chi connectivity index (χ4n) is 0.759. The number of Topliss-reactive ketones (excluding diaryl/α,β-unsaturated/α-hetero) is 1. The summed E-state index contributed by atoms with van der Waals surface area (Å²) in [6.07, 6.45) is 2.03. The standard InChI is InChI=1S/C8H6N2O3/c1-5(13)8-9-2-6(3-11)7(4-12)10-8/h2-4H,1H3. The molecular weight excluding hydrogens is 172 g/mol. The van der Waals surface area contributed by atoms with Gasteiger partial charge in [-0.25, -0.2) is 9.97 Å². The van der Waals surface area contributed by atoms with Gasteiger partial charge in [0, 0.05) is 13.1 Å². The van der Waals surface area contributed by atoms with Gasteiger partial charge in [0.25, 0.3) is 0 Å². The minimum Gasteiger partial charge on any atom is -0.298 e. The second kappa shape index (κ2) is 3.66. The van der Waals surface area contributed by atoms with E-state index in [0.717, 1.165) is 6.20 Å². The Bertz CT molecular complexity index is 374. The molecule has 1 aromatic rings. The smallest absolute Gasteiger partial charge is 0.196 e. The maximum absolute atomic E-state index is 10.8. The maximum Gasteiger partial charge on any atom is 0.196 e. The van der Waals surface area contributed by atoms with E-state index in [1.54, 1.807) is 0 Å². The highest BCUT2D eigenvalue weighted by Gasteiger charge is 2.08. The van der Waals surface area contributed by atoms with Gasteiger partial charge in [0.2, 0.25) is 0 Å². The average molecular weight is 178 g/mol. The van der Waals surface area contributed by atoms with Crippen molar-refractivity contribution in [2.75, 3.05) is 0 Å². The molecule has 13 heavy (non-hydrogen) atoms. The molecule has 1 aromatic heterocycles. The van der Waals surface area contributed by atoms with E-state index in [1.807, 2.05) is 0 Å². The molecule has 1 rings (SSSR count). The molecule has 0 fully saturated rings. The number of rotatable bonds is 3. The van der Waals surface area contributed by atoms with E-state index in [4.69, 9.17) is 0 Å². The first kappa shape index (κ1) is 9.18. The summed E-state index contributed by atoms with van der Waals surface area (Å²) in [5.74, 6) is -0.409. The number of aldehydes is 2. The zero-order valence-corrected chi connectivity index (χ0v) is 6.85. The van der Waals surface area contributed by atoms with Crippen LogP contribution in [-0.2, 0) is 0 Å². The monoisotopic (exact) mass is 178 g/mol. The van der Waals surface area contributed by atoms with Crippen molar-refractivity contribution in [3.63, 3.8) is 0 Å². The Morgan fingerprint density at radius 3 is 2.54 bits per heavy atom. The Morgan fingerprint density at radius 2 is 2.08 bits per heavy atom. The first-order valence-electron chi connectivity index (χ1n) is 3.47. The van der Waals surface area contributed by atoms with Gasteiger partial charge in [-0.2, -0.15) is 0 Å². The third kappa shape index (κ3) is 1.81. The van der Waals surface area contributed by atoms with Gasteiger partial charge in [0.05, 0.1) is 5.56 Å². The average Bonchev–Trinajstić information content (AvgIpc) is 2.16. The normalized spacial score (nSPS) is 9.31. The van der Waals surface area contributed by atoms with Crippen LogP contribution in [0.15, 0.2) is 6.20 Å². The number of nitrogens with zero attached hydrogens (tertiary/aromatic N) is 2. The summed E-state index contributed by atoms with van der Waals surface area (Å²) in [4.78, 5) is 38.7. The van der Waals surface area contributed by atoms with Crippen LogP contribution in [0.4, 0.5) is 0 Å². The van der Waals surface area contributed by atoms with E-state index in [1.165, 1.54) is 6.92 Å². The van der Waals surface area contributed by atoms with Crippen LogP contribution in [0.2, 0.25) is 0 Å². The highest BCUT2D eigenvalue weighted by atomic mass is 16.1. The minimum atomic E-state index is -0.347. The number of hydrogen-bond donors (Lipinski definition) is 0. The predicted molar refractivity (Wildman–Crippen MR) is 42.8 cm³/mol. The fraction of sp³-hybridized carbons (Fsp3) is 0.125. The molecule has 0 spiro atoms. The van der Waals surface area contributed by atoms with Crippen molar-refractivity contribution in [1.82, 2.24) is 9.97 Å². The molecular formula is C8H6N2O3. The quantitative estimate of drug-likeness (QED) is 0.491. The molecule has 0 atom stereocenters. The molecule has 0 aliphatic carbocycles. The van der Waals surface area contributed by atoms with Crippen LogP contribution in [0, 0.1) is 0 Å². The molecule has 5 heteroatoms. The Balaban J connectivity index is 3.28. The summed E-state index contributed by atoms with van der Waals surface area (Å²) in [5, 5.41) is 0. The van der Waals surface area contributed by atoms with Crippen LogP contribution < -0.4 is 0 Å². The van der Waals surface area contributed by atoms with Gasteiger partial charge in [-0.05, 0) is 0 Å². The van der Waals surface area contributed by atoms with Gasteiger partial charge in [-0.1, -0.05) is 0 Å². The largest absolute Gasteiger partial charge is 0.298 e. The van der Waals surface area contributed by atoms with Crippen LogP contribution >= 0.6 is 0 Å². The molecule has 0 bridgehead atoms. The molecule has 0 saturated heterocycles. The molecule has 66 valence electrons. The number of carbonyl (C=O) groups excluding carboxylic acids is 3. The molecule has 0 radical (unpaired) electrons. The number of carbonyl (C=O) groups is 3. The van der Waals surface area contributed by atoms with Crippen LogP contribution in [-0.4, -0.2) is 28.3 Å². The molecule has 0 aliphatic rings. The molecule has 0 amide bonds.